The molecule has 0 saturated carbocycles. The van der Waals surface area contributed by atoms with Gasteiger partial charge in [-0.1, -0.05) is 4.49 Å². The number of hydrogen-bond donors (Lipinski definition) is 1. The molecule has 0 unspecified atom stereocenters. The summed E-state index contributed by atoms with van der Waals surface area (Å²) in [5.41, 5.74) is 0.278. The third-order valence-corrected chi connectivity index (χ3v) is 5.87. The zero-order valence-electron chi connectivity index (χ0n) is 9.37. The van der Waals surface area contributed by atoms with Gasteiger partial charge >= 0.3 is 0 Å². The fourth-order valence-electron chi connectivity index (χ4n) is 1.28. The maximum absolute atomic E-state index is 11.5. The molecule has 0 spiro atoms. The molecule has 19 heavy (non-hydrogen) atoms. The van der Waals surface area contributed by atoms with E-state index in [1.54, 1.807) is 11.4 Å². The lowest BCUT2D eigenvalue weighted by atomic mass is 10.3. The highest BCUT2D eigenvalue weighted by atomic mass is 35.7. The van der Waals surface area contributed by atoms with Crippen molar-refractivity contribution in [2.75, 3.05) is 6.54 Å². The summed E-state index contributed by atoms with van der Waals surface area (Å²) in [4.78, 5) is 12.4. The third-order valence-electron chi connectivity index (χ3n) is 2.13. The first-order valence-corrected chi connectivity index (χ1v) is 9.01. The summed E-state index contributed by atoms with van der Waals surface area (Å²) in [5, 5.41) is 7.87. The number of thiophene rings is 1. The number of halogens is 1. The minimum atomic E-state index is -3.67. The van der Waals surface area contributed by atoms with Crippen LogP contribution in [-0.2, 0) is 15.5 Å². The topological polar surface area (TPSA) is 89.0 Å². The van der Waals surface area contributed by atoms with Crippen molar-refractivity contribution in [3.8, 4) is 0 Å². The molecule has 0 aliphatic carbocycles. The highest BCUT2D eigenvalue weighted by Crippen LogP contribution is 2.24. The molecule has 1 N–H and O–H groups in total. The van der Waals surface area contributed by atoms with Crippen LogP contribution in [0.3, 0.4) is 0 Å². The number of nitrogens with zero attached hydrogens (tertiary/aromatic N) is 2. The summed E-state index contributed by atoms with van der Waals surface area (Å²) in [6, 6.07) is 3.13. The van der Waals surface area contributed by atoms with Crippen LogP contribution < -0.4 is 5.32 Å². The van der Waals surface area contributed by atoms with Crippen LogP contribution in [0.2, 0.25) is 0 Å². The van der Waals surface area contributed by atoms with E-state index in [9.17, 15) is 13.2 Å². The van der Waals surface area contributed by atoms with Gasteiger partial charge in [-0.05, 0) is 30.1 Å². The van der Waals surface area contributed by atoms with E-state index in [1.807, 2.05) is 0 Å². The lowest BCUT2D eigenvalue weighted by molar-refractivity contribution is 0.0949. The largest absolute Gasteiger partial charge is 0.350 e. The van der Waals surface area contributed by atoms with Crippen LogP contribution in [0.1, 0.15) is 15.4 Å². The van der Waals surface area contributed by atoms with Gasteiger partial charge in [-0.2, -0.15) is 0 Å². The predicted octanol–water partition coefficient (Wildman–Crippen LogP) is 1.50. The first kappa shape index (κ1) is 14.4. The van der Waals surface area contributed by atoms with Gasteiger partial charge in [-0.25, -0.2) is 8.42 Å². The van der Waals surface area contributed by atoms with Crippen molar-refractivity contribution in [1.82, 2.24) is 14.9 Å². The molecular formula is C9H8ClN3O3S3. The molecule has 0 bridgehead atoms. The molecule has 2 aromatic rings. The molecule has 0 aromatic carbocycles. The van der Waals surface area contributed by atoms with Crippen LogP contribution >= 0.6 is 33.6 Å². The van der Waals surface area contributed by atoms with Crippen molar-refractivity contribution >= 4 is 48.5 Å². The average Bonchev–Trinajstić information content (AvgIpc) is 2.99. The molecule has 102 valence electrons. The summed E-state index contributed by atoms with van der Waals surface area (Å²) >= 11 is 2.19. The van der Waals surface area contributed by atoms with Crippen molar-refractivity contribution in [2.24, 2.45) is 0 Å². The van der Waals surface area contributed by atoms with E-state index in [0.29, 0.717) is 13.0 Å². The lowest BCUT2D eigenvalue weighted by Gasteiger charge is -2.00. The number of nitrogens with one attached hydrogen (secondary N) is 1. The molecule has 2 rings (SSSR count). The van der Waals surface area contributed by atoms with Crippen LogP contribution in [0.15, 0.2) is 21.7 Å². The van der Waals surface area contributed by atoms with E-state index in [0.717, 1.165) is 27.7 Å². The van der Waals surface area contributed by atoms with Gasteiger partial charge < -0.3 is 5.32 Å². The van der Waals surface area contributed by atoms with Crippen molar-refractivity contribution < 1.29 is 13.2 Å². The molecule has 0 aliphatic rings. The van der Waals surface area contributed by atoms with Crippen LogP contribution in [0.4, 0.5) is 0 Å². The molecule has 0 atom stereocenters. The molecule has 10 heteroatoms. The maximum atomic E-state index is 11.5. The molecule has 0 fully saturated rings. The van der Waals surface area contributed by atoms with Gasteiger partial charge in [-0.15, -0.1) is 16.4 Å². The Morgan fingerprint density at radius 1 is 1.42 bits per heavy atom. The van der Waals surface area contributed by atoms with Gasteiger partial charge in [0.2, 0.25) is 0 Å². The number of aromatic nitrogens is 2. The number of carbonyl (C=O) groups is 1. The Hall–Kier alpha value is -1.03. The lowest BCUT2D eigenvalue weighted by Crippen LogP contribution is -2.25. The quantitative estimate of drug-likeness (QED) is 0.835. The Balaban J connectivity index is 1.86. The highest BCUT2D eigenvalue weighted by Gasteiger charge is 2.13. The van der Waals surface area contributed by atoms with E-state index in [-0.39, 0.29) is 15.8 Å². The number of rotatable bonds is 5. The van der Waals surface area contributed by atoms with Crippen LogP contribution in [-0.4, -0.2) is 30.5 Å². The molecule has 0 aliphatic heterocycles. The number of amides is 1. The Morgan fingerprint density at radius 3 is 2.79 bits per heavy atom. The normalized spacial score (nSPS) is 11.4. The average molecular weight is 338 g/mol. The first-order valence-electron chi connectivity index (χ1n) is 5.05. The standard InChI is InChI=1S/C9H8ClN3O3S3/c10-19(15,16)8-2-1-6(18-8)3-4-11-9(14)7-5-17-13-12-7/h1-2,5H,3-4H2,(H,11,14). The number of hydrogen-bond acceptors (Lipinski definition) is 7. The molecule has 0 radical (unpaired) electrons. The summed E-state index contributed by atoms with van der Waals surface area (Å²) in [6.45, 7) is 0.388. The summed E-state index contributed by atoms with van der Waals surface area (Å²) in [6.07, 6.45) is 0.528. The molecule has 2 aromatic heterocycles. The van der Waals surface area contributed by atoms with Gasteiger partial charge in [0.15, 0.2) is 5.69 Å². The SMILES string of the molecule is O=C(NCCc1ccc(S(=O)(=O)Cl)s1)c1csnn1. The molecule has 1 amide bonds. The first-order chi connectivity index (χ1) is 8.97. The number of carbonyl (C=O) groups excluding carboxylic acids is 1. The van der Waals surface area contributed by atoms with Crippen LogP contribution in [0, 0.1) is 0 Å². The smallest absolute Gasteiger partial charge is 0.272 e. The fourth-order valence-corrected chi connectivity index (χ4v) is 3.84. The minimum Gasteiger partial charge on any atom is -0.350 e. The van der Waals surface area contributed by atoms with Crippen LogP contribution in [0.25, 0.3) is 0 Å². The van der Waals surface area contributed by atoms with Gasteiger partial charge in [0.1, 0.15) is 4.21 Å². The van der Waals surface area contributed by atoms with E-state index >= 15 is 0 Å². The van der Waals surface area contributed by atoms with E-state index in [4.69, 9.17) is 10.7 Å². The maximum Gasteiger partial charge on any atom is 0.272 e. The Kier molecular flexibility index (Phi) is 4.50. The predicted molar refractivity (Wildman–Crippen MR) is 73.3 cm³/mol. The van der Waals surface area contributed by atoms with E-state index in [2.05, 4.69) is 14.9 Å². The zero-order valence-corrected chi connectivity index (χ0v) is 12.6. The van der Waals surface area contributed by atoms with Crippen molar-refractivity contribution in [3.05, 3.63) is 28.1 Å². The summed E-state index contributed by atoms with van der Waals surface area (Å²) in [7, 11) is 1.55. The van der Waals surface area contributed by atoms with Gasteiger partial charge in [-0.3, -0.25) is 4.79 Å². The monoisotopic (exact) mass is 337 g/mol. The second kappa shape index (κ2) is 5.95. The summed E-state index contributed by atoms with van der Waals surface area (Å²) in [5.74, 6) is -0.296. The molecule has 0 saturated heterocycles. The second-order valence-corrected chi connectivity index (χ2v) is 8.03. The fraction of sp³-hybridized carbons (Fsp3) is 0.222. The highest BCUT2D eigenvalue weighted by molar-refractivity contribution is 8.15. The van der Waals surface area contributed by atoms with Crippen molar-refractivity contribution in [3.63, 3.8) is 0 Å². The van der Waals surface area contributed by atoms with Crippen molar-refractivity contribution in [2.45, 2.75) is 10.6 Å². The van der Waals surface area contributed by atoms with Crippen molar-refractivity contribution in [1.29, 1.82) is 0 Å². The van der Waals surface area contributed by atoms with E-state index < -0.39 is 9.05 Å². The second-order valence-electron chi connectivity index (χ2n) is 3.45. The Morgan fingerprint density at radius 2 is 2.21 bits per heavy atom. The third kappa shape index (κ3) is 3.96. The van der Waals surface area contributed by atoms with Crippen LogP contribution in [0.5, 0.6) is 0 Å². The van der Waals surface area contributed by atoms with Gasteiger partial charge in [0.05, 0.1) is 0 Å². The Bertz CT molecular complexity index is 666. The molecule has 2 heterocycles. The van der Waals surface area contributed by atoms with E-state index in [1.165, 1.54) is 6.07 Å². The molecular weight excluding hydrogens is 330 g/mol. The Labute approximate surface area is 122 Å². The van der Waals surface area contributed by atoms with Gasteiger partial charge in [0.25, 0.3) is 15.0 Å². The molecule has 6 nitrogen and oxygen atoms in total. The van der Waals surface area contributed by atoms with Gasteiger partial charge in [0, 0.05) is 27.5 Å². The summed E-state index contributed by atoms with van der Waals surface area (Å²) < 4.78 is 25.9. The minimum absolute atomic E-state index is 0.110. The zero-order chi connectivity index (χ0) is 13.9.